The van der Waals surface area contributed by atoms with E-state index in [0.717, 1.165) is 22.6 Å². The summed E-state index contributed by atoms with van der Waals surface area (Å²) in [5, 5.41) is 0. The second kappa shape index (κ2) is 5.92. The van der Waals surface area contributed by atoms with Crippen molar-refractivity contribution in [3.8, 4) is 11.5 Å². The molecule has 0 aliphatic heterocycles. The average Bonchev–Trinajstić information content (AvgIpc) is 2.46. The van der Waals surface area contributed by atoms with Crippen LogP contribution in [0.1, 0.15) is 11.1 Å². The molecule has 2 nitrogen and oxygen atoms in total. The van der Waals surface area contributed by atoms with E-state index in [0.29, 0.717) is 6.61 Å². The topological polar surface area (TPSA) is 18.5 Å². The highest BCUT2D eigenvalue weighted by molar-refractivity contribution is 5.54. The van der Waals surface area contributed by atoms with Crippen molar-refractivity contribution in [2.45, 2.75) is 6.61 Å². The quantitative estimate of drug-likeness (QED) is 0.788. The van der Waals surface area contributed by atoms with Crippen LogP contribution in [-0.4, -0.2) is 7.11 Å². The maximum absolute atomic E-state index is 5.75. The Morgan fingerprint density at radius 3 is 2.50 bits per heavy atom. The summed E-state index contributed by atoms with van der Waals surface area (Å²) in [5.41, 5.74) is 2.14. The zero-order chi connectivity index (χ0) is 12.8. The molecule has 0 radical (unpaired) electrons. The number of hydrogen-bond acceptors (Lipinski definition) is 2. The number of methoxy groups -OCH3 is 1. The Kier molecular flexibility index (Phi) is 4.02. The van der Waals surface area contributed by atoms with Crippen LogP contribution in [0.5, 0.6) is 11.5 Å². The molecule has 2 heteroatoms. The Morgan fingerprint density at radius 2 is 1.83 bits per heavy atom. The maximum atomic E-state index is 5.75. The summed E-state index contributed by atoms with van der Waals surface area (Å²) in [5.74, 6) is 1.47. The van der Waals surface area contributed by atoms with E-state index in [9.17, 15) is 0 Å². The van der Waals surface area contributed by atoms with Gasteiger partial charge in [-0.25, -0.2) is 0 Å². The van der Waals surface area contributed by atoms with E-state index < -0.39 is 0 Å². The zero-order valence-electron chi connectivity index (χ0n) is 10.4. The Morgan fingerprint density at radius 1 is 1.06 bits per heavy atom. The molecule has 0 aliphatic rings. The SMILES string of the molecule is C=Cc1ccc(OCc2ccccc2)c(OC)c1. The van der Waals surface area contributed by atoms with Crippen LogP contribution in [0.4, 0.5) is 0 Å². The molecule has 0 N–H and O–H groups in total. The minimum atomic E-state index is 0.532. The van der Waals surface area contributed by atoms with Crippen LogP contribution >= 0.6 is 0 Å². The Hall–Kier alpha value is -2.22. The first-order valence-corrected chi connectivity index (χ1v) is 5.80. The molecular formula is C16H16O2. The third kappa shape index (κ3) is 2.92. The zero-order valence-corrected chi connectivity index (χ0v) is 10.4. The van der Waals surface area contributed by atoms with Crippen LogP contribution in [0.2, 0.25) is 0 Å². The largest absolute Gasteiger partial charge is 0.493 e. The van der Waals surface area contributed by atoms with Gasteiger partial charge in [0.05, 0.1) is 7.11 Å². The molecule has 0 aromatic heterocycles. The van der Waals surface area contributed by atoms with E-state index in [-0.39, 0.29) is 0 Å². The van der Waals surface area contributed by atoms with Crippen molar-refractivity contribution in [2.75, 3.05) is 7.11 Å². The highest BCUT2D eigenvalue weighted by atomic mass is 16.5. The smallest absolute Gasteiger partial charge is 0.161 e. The van der Waals surface area contributed by atoms with Crippen molar-refractivity contribution in [1.29, 1.82) is 0 Å². The Labute approximate surface area is 107 Å². The van der Waals surface area contributed by atoms with Crippen molar-refractivity contribution < 1.29 is 9.47 Å². The molecule has 2 rings (SSSR count). The van der Waals surface area contributed by atoms with Crippen LogP contribution in [0.15, 0.2) is 55.1 Å². The van der Waals surface area contributed by atoms with Crippen molar-refractivity contribution >= 4 is 6.08 Å². The standard InChI is InChI=1S/C16H16O2/c1-3-13-9-10-15(16(11-13)17-2)18-12-14-7-5-4-6-8-14/h3-11H,1,12H2,2H3. The molecule has 92 valence electrons. The van der Waals surface area contributed by atoms with Gasteiger partial charge in [0.2, 0.25) is 0 Å². The van der Waals surface area contributed by atoms with Crippen molar-refractivity contribution in [2.24, 2.45) is 0 Å². The van der Waals surface area contributed by atoms with Gasteiger partial charge in [0.1, 0.15) is 6.61 Å². The summed E-state index contributed by atoms with van der Waals surface area (Å²) in [7, 11) is 1.64. The van der Waals surface area contributed by atoms with Crippen LogP contribution in [-0.2, 0) is 6.61 Å². The molecule has 0 saturated carbocycles. The fourth-order valence-electron chi connectivity index (χ4n) is 1.67. The van der Waals surface area contributed by atoms with Crippen LogP contribution in [0.3, 0.4) is 0 Å². The molecule has 0 saturated heterocycles. The molecule has 0 unspecified atom stereocenters. The first kappa shape index (κ1) is 12.2. The summed E-state index contributed by atoms with van der Waals surface area (Å²) in [6.07, 6.45) is 1.78. The lowest BCUT2D eigenvalue weighted by atomic mass is 10.2. The monoisotopic (exact) mass is 240 g/mol. The highest BCUT2D eigenvalue weighted by Gasteiger charge is 2.04. The van der Waals surface area contributed by atoms with E-state index >= 15 is 0 Å². The molecule has 0 aliphatic carbocycles. The summed E-state index contributed by atoms with van der Waals surface area (Å²) in [6.45, 7) is 4.27. The molecular weight excluding hydrogens is 224 g/mol. The van der Waals surface area contributed by atoms with Crippen LogP contribution < -0.4 is 9.47 Å². The Balaban J connectivity index is 2.11. The normalized spacial score (nSPS) is 9.83. The van der Waals surface area contributed by atoms with Crippen LogP contribution in [0.25, 0.3) is 6.08 Å². The number of benzene rings is 2. The highest BCUT2D eigenvalue weighted by Crippen LogP contribution is 2.29. The van der Waals surface area contributed by atoms with E-state index in [1.165, 1.54) is 0 Å². The fourth-order valence-corrected chi connectivity index (χ4v) is 1.67. The first-order valence-electron chi connectivity index (χ1n) is 5.80. The molecule has 0 bridgehead atoms. The second-order valence-electron chi connectivity index (χ2n) is 3.89. The lowest BCUT2D eigenvalue weighted by Crippen LogP contribution is -1.97. The first-order chi connectivity index (χ1) is 8.83. The molecule has 0 amide bonds. The predicted molar refractivity (Wildman–Crippen MR) is 73.9 cm³/mol. The second-order valence-corrected chi connectivity index (χ2v) is 3.89. The number of rotatable bonds is 5. The van der Waals surface area contributed by atoms with E-state index in [4.69, 9.17) is 9.47 Å². The van der Waals surface area contributed by atoms with Gasteiger partial charge in [-0.15, -0.1) is 0 Å². The van der Waals surface area contributed by atoms with Gasteiger partial charge in [-0.2, -0.15) is 0 Å². The van der Waals surface area contributed by atoms with Crippen molar-refractivity contribution in [1.82, 2.24) is 0 Å². The minimum absolute atomic E-state index is 0.532. The Bertz CT molecular complexity index is 518. The van der Waals surface area contributed by atoms with Gasteiger partial charge in [0, 0.05) is 0 Å². The van der Waals surface area contributed by atoms with E-state index in [2.05, 4.69) is 6.58 Å². The average molecular weight is 240 g/mol. The van der Waals surface area contributed by atoms with Gasteiger partial charge in [0.25, 0.3) is 0 Å². The molecule has 0 heterocycles. The van der Waals surface area contributed by atoms with Gasteiger partial charge in [0.15, 0.2) is 11.5 Å². The summed E-state index contributed by atoms with van der Waals surface area (Å²) >= 11 is 0. The molecule has 18 heavy (non-hydrogen) atoms. The third-order valence-corrected chi connectivity index (χ3v) is 2.66. The molecule has 0 atom stereocenters. The molecule has 0 fully saturated rings. The summed E-state index contributed by atoms with van der Waals surface area (Å²) < 4.78 is 11.1. The van der Waals surface area contributed by atoms with Crippen molar-refractivity contribution in [3.05, 3.63) is 66.2 Å². The van der Waals surface area contributed by atoms with Gasteiger partial charge in [-0.05, 0) is 23.3 Å². The van der Waals surface area contributed by atoms with Gasteiger partial charge < -0.3 is 9.47 Å². The maximum Gasteiger partial charge on any atom is 0.161 e. The van der Waals surface area contributed by atoms with Crippen molar-refractivity contribution in [3.63, 3.8) is 0 Å². The molecule has 2 aromatic rings. The number of ether oxygens (including phenoxy) is 2. The summed E-state index contributed by atoms with van der Waals surface area (Å²) in [6, 6.07) is 15.8. The summed E-state index contributed by atoms with van der Waals surface area (Å²) in [4.78, 5) is 0. The van der Waals surface area contributed by atoms with Gasteiger partial charge >= 0.3 is 0 Å². The minimum Gasteiger partial charge on any atom is -0.493 e. The van der Waals surface area contributed by atoms with E-state index in [1.807, 2.05) is 48.5 Å². The third-order valence-electron chi connectivity index (χ3n) is 2.66. The van der Waals surface area contributed by atoms with Crippen LogP contribution in [0, 0.1) is 0 Å². The number of hydrogen-bond donors (Lipinski definition) is 0. The van der Waals surface area contributed by atoms with Gasteiger partial charge in [-0.3, -0.25) is 0 Å². The lowest BCUT2D eigenvalue weighted by Gasteiger charge is -2.11. The molecule has 2 aromatic carbocycles. The molecule has 0 spiro atoms. The van der Waals surface area contributed by atoms with Gasteiger partial charge in [-0.1, -0.05) is 49.1 Å². The van der Waals surface area contributed by atoms with E-state index in [1.54, 1.807) is 13.2 Å². The lowest BCUT2D eigenvalue weighted by molar-refractivity contribution is 0.284. The predicted octanol–water partition coefficient (Wildman–Crippen LogP) is 3.92. The fraction of sp³-hybridized carbons (Fsp3) is 0.125.